The Hall–Kier alpha value is -1.58. The van der Waals surface area contributed by atoms with Crippen molar-refractivity contribution in [2.75, 3.05) is 7.05 Å². The molecule has 2 aromatic carbocycles. The van der Waals surface area contributed by atoms with E-state index in [-0.39, 0.29) is 11.6 Å². The lowest BCUT2D eigenvalue weighted by atomic mass is 10.2. The fraction of sp³-hybridized carbons (Fsp3) is 0.200. The Balaban J connectivity index is 2.12. The van der Waals surface area contributed by atoms with E-state index in [0.717, 1.165) is 11.3 Å². The predicted octanol–water partition coefficient (Wildman–Crippen LogP) is 3.78. The van der Waals surface area contributed by atoms with E-state index in [1.807, 2.05) is 31.3 Å². The van der Waals surface area contributed by atoms with Gasteiger partial charge in [0.25, 0.3) is 0 Å². The zero-order valence-corrected chi connectivity index (χ0v) is 11.4. The second-order valence-corrected chi connectivity index (χ2v) is 4.52. The zero-order valence-electron chi connectivity index (χ0n) is 10.6. The Bertz CT molecular complexity index is 560. The molecule has 0 atom stereocenters. The van der Waals surface area contributed by atoms with Gasteiger partial charge in [0.15, 0.2) is 0 Å². The molecule has 0 spiro atoms. The first-order valence-corrected chi connectivity index (χ1v) is 6.38. The standard InChI is InChI=1S/C15H15ClFNO/c1-18-9-11-5-2-3-8-14(11)19-10-12-6-4-7-13(17)15(12)16/h2-8,18H,9-10H2,1H3. The van der Waals surface area contributed by atoms with Crippen molar-refractivity contribution in [3.05, 3.63) is 64.4 Å². The summed E-state index contributed by atoms with van der Waals surface area (Å²) in [5, 5.41) is 3.20. The summed E-state index contributed by atoms with van der Waals surface area (Å²) in [6.45, 7) is 0.963. The van der Waals surface area contributed by atoms with E-state index in [9.17, 15) is 4.39 Å². The Morgan fingerprint density at radius 3 is 2.63 bits per heavy atom. The van der Waals surface area contributed by atoms with Crippen LogP contribution in [0, 0.1) is 5.82 Å². The van der Waals surface area contributed by atoms with Gasteiger partial charge in [-0.2, -0.15) is 0 Å². The van der Waals surface area contributed by atoms with E-state index in [0.29, 0.717) is 12.1 Å². The number of hydrogen-bond acceptors (Lipinski definition) is 2. The molecule has 2 nitrogen and oxygen atoms in total. The lowest BCUT2D eigenvalue weighted by Crippen LogP contribution is -2.07. The van der Waals surface area contributed by atoms with Gasteiger partial charge in [-0.15, -0.1) is 0 Å². The molecule has 19 heavy (non-hydrogen) atoms. The Kier molecular flexibility index (Phi) is 4.77. The van der Waals surface area contributed by atoms with E-state index >= 15 is 0 Å². The van der Waals surface area contributed by atoms with Crippen LogP contribution >= 0.6 is 11.6 Å². The second kappa shape index (κ2) is 6.55. The molecule has 0 amide bonds. The highest BCUT2D eigenvalue weighted by Gasteiger charge is 2.07. The third-order valence-electron chi connectivity index (χ3n) is 2.75. The van der Waals surface area contributed by atoms with E-state index in [1.165, 1.54) is 6.07 Å². The quantitative estimate of drug-likeness (QED) is 0.899. The predicted molar refractivity (Wildman–Crippen MR) is 74.9 cm³/mol. The number of hydrogen-bond donors (Lipinski definition) is 1. The van der Waals surface area contributed by atoms with Crippen LogP contribution in [0.1, 0.15) is 11.1 Å². The van der Waals surface area contributed by atoms with Gasteiger partial charge in [0.2, 0.25) is 0 Å². The molecule has 0 radical (unpaired) electrons. The van der Waals surface area contributed by atoms with Gasteiger partial charge in [0.1, 0.15) is 18.2 Å². The van der Waals surface area contributed by atoms with Gasteiger partial charge in [-0.1, -0.05) is 41.9 Å². The van der Waals surface area contributed by atoms with Gasteiger partial charge in [-0.3, -0.25) is 0 Å². The Morgan fingerprint density at radius 2 is 1.84 bits per heavy atom. The lowest BCUT2D eigenvalue weighted by Gasteiger charge is -2.12. The van der Waals surface area contributed by atoms with Crippen molar-refractivity contribution in [1.29, 1.82) is 0 Å². The van der Waals surface area contributed by atoms with Gasteiger partial charge in [0.05, 0.1) is 5.02 Å². The summed E-state index contributed by atoms with van der Waals surface area (Å²) in [4.78, 5) is 0. The van der Waals surface area contributed by atoms with E-state index in [1.54, 1.807) is 12.1 Å². The highest BCUT2D eigenvalue weighted by molar-refractivity contribution is 6.31. The highest BCUT2D eigenvalue weighted by Crippen LogP contribution is 2.23. The van der Waals surface area contributed by atoms with Gasteiger partial charge in [-0.25, -0.2) is 4.39 Å². The van der Waals surface area contributed by atoms with Crippen molar-refractivity contribution >= 4 is 11.6 Å². The van der Waals surface area contributed by atoms with Crippen LogP contribution in [0.4, 0.5) is 4.39 Å². The first kappa shape index (κ1) is 13.8. The van der Waals surface area contributed by atoms with Crippen molar-refractivity contribution in [3.63, 3.8) is 0 Å². The maximum atomic E-state index is 13.3. The summed E-state index contributed by atoms with van der Waals surface area (Å²) >= 11 is 5.89. The molecule has 0 aliphatic heterocycles. The van der Waals surface area contributed by atoms with Crippen LogP contribution < -0.4 is 10.1 Å². The summed E-state index contributed by atoms with van der Waals surface area (Å²) in [6.07, 6.45) is 0. The van der Waals surface area contributed by atoms with Gasteiger partial charge >= 0.3 is 0 Å². The first-order chi connectivity index (χ1) is 9.22. The van der Waals surface area contributed by atoms with Crippen LogP contribution in [0.15, 0.2) is 42.5 Å². The second-order valence-electron chi connectivity index (χ2n) is 4.14. The monoisotopic (exact) mass is 279 g/mol. The zero-order chi connectivity index (χ0) is 13.7. The van der Waals surface area contributed by atoms with E-state index in [2.05, 4.69) is 5.32 Å². The van der Waals surface area contributed by atoms with Gasteiger partial charge < -0.3 is 10.1 Å². The van der Waals surface area contributed by atoms with Crippen molar-refractivity contribution in [1.82, 2.24) is 5.32 Å². The maximum absolute atomic E-state index is 13.3. The molecule has 1 N–H and O–H groups in total. The lowest BCUT2D eigenvalue weighted by molar-refractivity contribution is 0.302. The molecule has 0 saturated heterocycles. The summed E-state index contributed by atoms with van der Waals surface area (Å²) in [7, 11) is 1.88. The molecule has 0 saturated carbocycles. The minimum atomic E-state index is -0.425. The molecule has 0 aliphatic rings. The number of para-hydroxylation sites is 1. The molecule has 2 aromatic rings. The third kappa shape index (κ3) is 3.46. The van der Waals surface area contributed by atoms with Crippen LogP contribution in [-0.4, -0.2) is 7.05 Å². The van der Waals surface area contributed by atoms with Crippen LogP contribution in [0.5, 0.6) is 5.75 Å². The molecule has 100 valence electrons. The third-order valence-corrected chi connectivity index (χ3v) is 3.18. The molecule has 0 fully saturated rings. The van der Waals surface area contributed by atoms with Crippen molar-refractivity contribution in [2.45, 2.75) is 13.2 Å². The number of rotatable bonds is 5. The Labute approximate surface area is 117 Å². The summed E-state index contributed by atoms with van der Waals surface area (Å²) in [6, 6.07) is 12.4. The first-order valence-electron chi connectivity index (χ1n) is 6.00. The summed E-state index contributed by atoms with van der Waals surface area (Å²) in [5.74, 6) is 0.350. The van der Waals surface area contributed by atoms with Crippen molar-refractivity contribution in [3.8, 4) is 5.75 Å². The topological polar surface area (TPSA) is 21.3 Å². The van der Waals surface area contributed by atoms with Crippen molar-refractivity contribution < 1.29 is 9.13 Å². The van der Waals surface area contributed by atoms with Gasteiger partial charge in [0, 0.05) is 17.7 Å². The number of nitrogens with one attached hydrogen (secondary N) is 1. The fourth-order valence-corrected chi connectivity index (χ4v) is 1.98. The molecule has 0 unspecified atom stereocenters. The summed E-state index contributed by atoms with van der Waals surface area (Å²) in [5.41, 5.74) is 1.69. The SMILES string of the molecule is CNCc1ccccc1OCc1cccc(F)c1Cl. The number of benzene rings is 2. The molecule has 0 aromatic heterocycles. The van der Waals surface area contributed by atoms with Crippen LogP contribution in [0.2, 0.25) is 5.02 Å². The maximum Gasteiger partial charge on any atom is 0.142 e. The molecule has 0 bridgehead atoms. The molecular weight excluding hydrogens is 265 g/mol. The number of halogens is 2. The number of ether oxygens (including phenoxy) is 1. The molecule has 4 heteroatoms. The minimum absolute atomic E-state index is 0.119. The molecule has 0 heterocycles. The normalized spacial score (nSPS) is 10.5. The summed E-state index contributed by atoms with van der Waals surface area (Å²) < 4.78 is 19.0. The molecule has 2 rings (SSSR count). The van der Waals surface area contributed by atoms with E-state index in [4.69, 9.17) is 16.3 Å². The van der Waals surface area contributed by atoms with E-state index < -0.39 is 5.82 Å². The largest absolute Gasteiger partial charge is 0.489 e. The average molecular weight is 280 g/mol. The minimum Gasteiger partial charge on any atom is -0.489 e. The van der Waals surface area contributed by atoms with Crippen LogP contribution in [0.3, 0.4) is 0 Å². The highest BCUT2D eigenvalue weighted by atomic mass is 35.5. The average Bonchev–Trinajstić information content (AvgIpc) is 2.42. The van der Waals surface area contributed by atoms with Gasteiger partial charge in [-0.05, 0) is 19.2 Å². The van der Waals surface area contributed by atoms with Crippen LogP contribution in [-0.2, 0) is 13.2 Å². The molecular formula is C15H15ClFNO. The van der Waals surface area contributed by atoms with Crippen molar-refractivity contribution in [2.24, 2.45) is 0 Å². The van der Waals surface area contributed by atoms with Crippen LogP contribution in [0.25, 0.3) is 0 Å². The molecule has 0 aliphatic carbocycles. The smallest absolute Gasteiger partial charge is 0.142 e. The fourth-order valence-electron chi connectivity index (χ4n) is 1.80. The Morgan fingerprint density at radius 1 is 1.11 bits per heavy atom.